The fourth-order valence-electron chi connectivity index (χ4n) is 4.38. The van der Waals surface area contributed by atoms with Crippen molar-refractivity contribution in [2.24, 2.45) is 5.92 Å². The molecule has 2 unspecified atom stereocenters. The summed E-state index contributed by atoms with van der Waals surface area (Å²) >= 11 is 0. The number of amides is 2. The summed E-state index contributed by atoms with van der Waals surface area (Å²) in [6, 6.07) is 10.2. The van der Waals surface area contributed by atoms with Crippen LogP contribution in [-0.2, 0) is 22.6 Å². The van der Waals surface area contributed by atoms with Crippen LogP contribution in [0.15, 0.2) is 34.7 Å². The van der Waals surface area contributed by atoms with Crippen LogP contribution in [0.1, 0.15) is 68.5 Å². The Morgan fingerprint density at radius 3 is 2.84 bits per heavy atom. The second-order valence-corrected chi connectivity index (χ2v) is 9.20. The van der Waals surface area contributed by atoms with Crippen LogP contribution >= 0.6 is 0 Å². The van der Waals surface area contributed by atoms with Gasteiger partial charge in [0, 0.05) is 30.5 Å². The lowest BCUT2D eigenvalue weighted by atomic mass is 10.0. The lowest BCUT2D eigenvalue weighted by Gasteiger charge is -2.21. The SMILES string of the molecule is CC1CC1c1ccc(CN(C(=O)CCCOc2ccc3c(c2)CCC(=O)N3)C2CC2)o1. The van der Waals surface area contributed by atoms with E-state index in [0.29, 0.717) is 50.3 Å². The van der Waals surface area contributed by atoms with Gasteiger partial charge in [-0.15, -0.1) is 0 Å². The molecule has 2 heterocycles. The summed E-state index contributed by atoms with van der Waals surface area (Å²) in [5, 5.41) is 2.88. The highest BCUT2D eigenvalue weighted by Crippen LogP contribution is 2.47. The number of nitrogens with zero attached hydrogens (tertiary/aromatic N) is 1. The van der Waals surface area contributed by atoms with Gasteiger partial charge in [-0.25, -0.2) is 0 Å². The Bertz CT molecular complexity index is 978. The van der Waals surface area contributed by atoms with Crippen molar-refractivity contribution in [1.29, 1.82) is 0 Å². The number of aryl methyl sites for hydroxylation is 1. The zero-order valence-corrected chi connectivity index (χ0v) is 18.1. The Morgan fingerprint density at radius 1 is 1.23 bits per heavy atom. The van der Waals surface area contributed by atoms with Crippen LogP contribution in [0, 0.1) is 5.92 Å². The third-order valence-corrected chi connectivity index (χ3v) is 6.57. The lowest BCUT2D eigenvalue weighted by molar-refractivity contribution is -0.133. The molecule has 0 radical (unpaired) electrons. The molecule has 1 aromatic carbocycles. The van der Waals surface area contributed by atoms with Gasteiger partial charge in [0.15, 0.2) is 0 Å². The van der Waals surface area contributed by atoms with E-state index in [-0.39, 0.29) is 11.8 Å². The number of ether oxygens (including phenoxy) is 1. The summed E-state index contributed by atoms with van der Waals surface area (Å²) < 4.78 is 11.9. The Morgan fingerprint density at radius 2 is 2.06 bits per heavy atom. The molecule has 31 heavy (non-hydrogen) atoms. The number of benzene rings is 1. The number of furan rings is 1. The van der Waals surface area contributed by atoms with E-state index in [9.17, 15) is 9.59 Å². The van der Waals surface area contributed by atoms with Crippen molar-refractivity contribution in [3.8, 4) is 5.75 Å². The topological polar surface area (TPSA) is 71.8 Å². The summed E-state index contributed by atoms with van der Waals surface area (Å²) in [6.07, 6.45) is 5.78. The number of hydrogen-bond acceptors (Lipinski definition) is 4. The minimum atomic E-state index is 0.0627. The average molecular weight is 423 g/mol. The zero-order valence-electron chi connectivity index (χ0n) is 18.1. The van der Waals surface area contributed by atoms with Crippen molar-refractivity contribution in [1.82, 2.24) is 4.90 Å². The molecule has 0 bridgehead atoms. The van der Waals surface area contributed by atoms with Gasteiger partial charge in [0.25, 0.3) is 0 Å². The summed E-state index contributed by atoms with van der Waals surface area (Å²) in [4.78, 5) is 26.3. The van der Waals surface area contributed by atoms with Gasteiger partial charge in [-0.2, -0.15) is 0 Å². The number of anilines is 1. The Kier molecular flexibility index (Phi) is 5.47. The van der Waals surface area contributed by atoms with Crippen LogP contribution in [0.2, 0.25) is 0 Å². The number of rotatable bonds is 9. The minimum absolute atomic E-state index is 0.0627. The van der Waals surface area contributed by atoms with Crippen molar-refractivity contribution in [3.63, 3.8) is 0 Å². The maximum absolute atomic E-state index is 12.9. The monoisotopic (exact) mass is 422 g/mol. The maximum Gasteiger partial charge on any atom is 0.224 e. The predicted octanol–water partition coefficient (Wildman–Crippen LogP) is 4.64. The van der Waals surface area contributed by atoms with Crippen molar-refractivity contribution in [3.05, 3.63) is 47.4 Å². The third kappa shape index (κ3) is 4.78. The molecule has 6 nitrogen and oxygen atoms in total. The van der Waals surface area contributed by atoms with E-state index in [1.54, 1.807) is 0 Å². The van der Waals surface area contributed by atoms with Gasteiger partial charge >= 0.3 is 0 Å². The first-order valence-electron chi connectivity index (χ1n) is 11.5. The highest BCUT2D eigenvalue weighted by molar-refractivity contribution is 5.94. The largest absolute Gasteiger partial charge is 0.494 e. The van der Waals surface area contributed by atoms with Crippen LogP contribution < -0.4 is 10.1 Å². The first-order chi connectivity index (χ1) is 15.1. The van der Waals surface area contributed by atoms with Crippen molar-refractivity contribution in [2.75, 3.05) is 11.9 Å². The Hall–Kier alpha value is -2.76. The molecular weight excluding hydrogens is 392 g/mol. The van der Waals surface area contributed by atoms with E-state index in [1.807, 2.05) is 29.2 Å². The normalized spacial score (nSPS) is 21.9. The summed E-state index contributed by atoms with van der Waals surface area (Å²) in [7, 11) is 0. The predicted molar refractivity (Wildman–Crippen MR) is 117 cm³/mol. The van der Waals surface area contributed by atoms with Crippen LogP contribution in [-0.4, -0.2) is 29.4 Å². The molecule has 3 aliphatic rings. The molecule has 5 rings (SSSR count). The second kappa shape index (κ2) is 8.40. The lowest BCUT2D eigenvalue weighted by Crippen LogP contribution is -2.32. The number of carbonyl (C=O) groups is 2. The summed E-state index contributed by atoms with van der Waals surface area (Å²) in [5.41, 5.74) is 1.97. The van der Waals surface area contributed by atoms with Crippen molar-refractivity contribution >= 4 is 17.5 Å². The molecule has 2 atom stereocenters. The van der Waals surface area contributed by atoms with Crippen LogP contribution in [0.4, 0.5) is 5.69 Å². The molecule has 0 saturated heterocycles. The van der Waals surface area contributed by atoms with E-state index in [1.165, 1.54) is 6.42 Å². The summed E-state index contributed by atoms with van der Waals surface area (Å²) in [5.74, 6) is 4.28. The zero-order chi connectivity index (χ0) is 21.4. The van der Waals surface area contributed by atoms with E-state index in [4.69, 9.17) is 9.15 Å². The third-order valence-electron chi connectivity index (χ3n) is 6.57. The number of nitrogens with one attached hydrogen (secondary N) is 1. The quantitative estimate of drug-likeness (QED) is 0.598. The number of hydrogen-bond donors (Lipinski definition) is 1. The van der Waals surface area contributed by atoms with Gasteiger partial charge in [0.1, 0.15) is 17.3 Å². The molecule has 2 saturated carbocycles. The minimum Gasteiger partial charge on any atom is -0.494 e. The van der Waals surface area contributed by atoms with Gasteiger partial charge in [-0.05, 0) is 73.9 Å². The molecule has 1 aliphatic heterocycles. The number of carbonyl (C=O) groups excluding carboxylic acids is 2. The highest BCUT2D eigenvalue weighted by Gasteiger charge is 2.37. The smallest absolute Gasteiger partial charge is 0.224 e. The van der Waals surface area contributed by atoms with E-state index >= 15 is 0 Å². The molecule has 0 spiro atoms. The van der Waals surface area contributed by atoms with Gasteiger partial charge in [-0.1, -0.05) is 6.92 Å². The molecular formula is C25H30N2O4. The summed E-state index contributed by atoms with van der Waals surface area (Å²) in [6.45, 7) is 3.32. The van der Waals surface area contributed by atoms with Crippen LogP contribution in [0.3, 0.4) is 0 Å². The Labute approximate surface area is 182 Å². The van der Waals surface area contributed by atoms with Gasteiger partial charge in [-0.3, -0.25) is 9.59 Å². The van der Waals surface area contributed by atoms with E-state index in [2.05, 4.69) is 18.3 Å². The number of fused-ring (bicyclic) bond motifs is 1. The molecule has 6 heteroatoms. The first-order valence-corrected chi connectivity index (χ1v) is 11.5. The average Bonchev–Trinajstić information content (AvgIpc) is 3.69. The molecule has 2 aromatic rings. The van der Waals surface area contributed by atoms with Crippen LogP contribution in [0.5, 0.6) is 5.75 Å². The molecule has 2 fully saturated rings. The Balaban J connectivity index is 1.10. The van der Waals surface area contributed by atoms with E-state index < -0.39 is 0 Å². The molecule has 2 aliphatic carbocycles. The fourth-order valence-corrected chi connectivity index (χ4v) is 4.38. The van der Waals surface area contributed by atoms with Crippen molar-refractivity contribution < 1.29 is 18.7 Å². The van der Waals surface area contributed by atoms with Crippen LogP contribution in [0.25, 0.3) is 0 Å². The van der Waals surface area contributed by atoms with E-state index in [0.717, 1.165) is 47.8 Å². The maximum atomic E-state index is 12.9. The molecule has 1 aromatic heterocycles. The first kappa shape index (κ1) is 20.2. The van der Waals surface area contributed by atoms with Crippen molar-refractivity contribution in [2.45, 2.75) is 70.4 Å². The highest BCUT2D eigenvalue weighted by atomic mass is 16.5. The molecule has 2 amide bonds. The van der Waals surface area contributed by atoms with Gasteiger partial charge < -0.3 is 19.4 Å². The second-order valence-electron chi connectivity index (χ2n) is 9.20. The fraction of sp³-hybridized carbons (Fsp3) is 0.520. The van der Waals surface area contributed by atoms with Gasteiger partial charge in [0.05, 0.1) is 13.2 Å². The van der Waals surface area contributed by atoms with Gasteiger partial charge in [0.2, 0.25) is 11.8 Å². The molecule has 1 N–H and O–H groups in total. The standard InChI is InChI=1S/C25H30N2O4/c1-16-13-21(16)23-10-8-20(31-23)15-27(18-5-6-18)25(29)3-2-12-30-19-7-9-22-17(14-19)4-11-24(28)26-22/h7-10,14,16,18,21H,2-6,11-13,15H2,1H3,(H,26,28). The molecule has 164 valence electrons.